The smallest absolute Gasteiger partial charge is 0.179 e. The maximum atomic E-state index is 13.2. The van der Waals surface area contributed by atoms with Crippen LogP contribution >= 0.6 is 34.8 Å². The number of aryl methyl sites for hydroxylation is 2. The van der Waals surface area contributed by atoms with Gasteiger partial charge in [-0.05, 0) is 49.1 Å². The third kappa shape index (κ3) is 3.40. The lowest BCUT2D eigenvalue weighted by molar-refractivity contribution is 0.0983. The van der Waals surface area contributed by atoms with Crippen molar-refractivity contribution >= 4 is 46.2 Å². The molecule has 0 bridgehead atoms. The Bertz CT molecular complexity index is 1320. The van der Waals surface area contributed by atoms with E-state index in [0.29, 0.717) is 21.5 Å². The predicted octanol–water partition coefficient (Wildman–Crippen LogP) is 7.96. The van der Waals surface area contributed by atoms with Crippen molar-refractivity contribution in [2.75, 3.05) is 0 Å². The molecule has 6 heteroatoms. The van der Waals surface area contributed by atoms with Crippen molar-refractivity contribution < 1.29 is 4.79 Å². The van der Waals surface area contributed by atoms with Crippen LogP contribution in [0.25, 0.3) is 28.0 Å². The second-order valence-electron chi connectivity index (χ2n) is 7.93. The summed E-state index contributed by atoms with van der Waals surface area (Å²) in [6, 6.07) is 13.5. The fraction of sp³-hybridized carbons (Fsp3) is 0.240. The van der Waals surface area contributed by atoms with Gasteiger partial charge < -0.3 is 4.57 Å². The van der Waals surface area contributed by atoms with Crippen LogP contribution in [0.1, 0.15) is 42.2 Å². The van der Waals surface area contributed by atoms with Crippen molar-refractivity contribution in [2.24, 2.45) is 0 Å². The Morgan fingerprint density at radius 1 is 0.968 bits per heavy atom. The van der Waals surface area contributed by atoms with Crippen molar-refractivity contribution in [1.29, 1.82) is 0 Å². The van der Waals surface area contributed by atoms with Crippen molar-refractivity contribution in [2.45, 2.75) is 39.2 Å². The molecule has 0 unspecified atom stereocenters. The topological polar surface area (TPSA) is 26.4 Å². The first-order valence-corrected chi connectivity index (χ1v) is 11.6. The van der Waals surface area contributed by atoms with Gasteiger partial charge in [0, 0.05) is 40.9 Å². The van der Waals surface area contributed by atoms with Crippen molar-refractivity contribution in [1.82, 2.24) is 8.97 Å². The average molecular weight is 472 g/mol. The third-order valence-corrected chi connectivity index (χ3v) is 7.06. The van der Waals surface area contributed by atoms with E-state index in [9.17, 15) is 4.79 Å². The number of ketones is 1. The molecule has 158 valence electrons. The van der Waals surface area contributed by atoms with E-state index in [4.69, 9.17) is 34.8 Å². The molecular weight excluding hydrogens is 451 g/mol. The molecule has 4 aromatic rings. The maximum absolute atomic E-state index is 13.2. The van der Waals surface area contributed by atoms with Crippen molar-refractivity contribution in [3.63, 3.8) is 0 Å². The molecule has 1 aliphatic rings. The molecule has 0 N–H and O–H groups in total. The summed E-state index contributed by atoms with van der Waals surface area (Å²) in [5.41, 5.74) is 7.18. The normalized spacial score (nSPS) is 13.5. The fourth-order valence-corrected chi connectivity index (χ4v) is 5.06. The van der Waals surface area contributed by atoms with Crippen LogP contribution in [0.4, 0.5) is 0 Å². The van der Waals surface area contributed by atoms with Crippen molar-refractivity contribution in [3.05, 3.63) is 75.0 Å². The minimum absolute atomic E-state index is 0.129. The number of nitrogens with zero attached hydrogens (tertiary/aromatic N) is 2. The number of imidazole rings is 1. The van der Waals surface area contributed by atoms with Crippen LogP contribution in [0, 0.1) is 0 Å². The molecule has 31 heavy (non-hydrogen) atoms. The van der Waals surface area contributed by atoms with Crippen LogP contribution in [0.3, 0.4) is 0 Å². The molecule has 0 saturated heterocycles. The van der Waals surface area contributed by atoms with Gasteiger partial charge >= 0.3 is 0 Å². The highest BCUT2D eigenvalue weighted by Crippen LogP contribution is 2.40. The minimum atomic E-state index is 0.129. The quantitative estimate of drug-likeness (QED) is 0.277. The summed E-state index contributed by atoms with van der Waals surface area (Å²) in [7, 11) is 0. The lowest BCUT2D eigenvalue weighted by atomic mass is 9.96. The maximum Gasteiger partial charge on any atom is 0.179 e. The number of carbonyl (C=O) groups excluding carboxylic acids is 1. The molecule has 5 rings (SSSR count). The highest BCUT2D eigenvalue weighted by molar-refractivity contribution is 6.42. The second-order valence-corrected chi connectivity index (χ2v) is 9.18. The SMILES string of the molecule is CCC(=O)c1c(-c2ccc(Cl)cc2)c2c3n(c(-c4ccc(Cl)c(Cl)c4)cn13)CCCC2. The van der Waals surface area contributed by atoms with Gasteiger partial charge in [-0.25, -0.2) is 0 Å². The Balaban J connectivity index is 1.84. The summed E-state index contributed by atoms with van der Waals surface area (Å²) >= 11 is 18.6. The van der Waals surface area contributed by atoms with E-state index in [1.165, 1.54) is 5.56 Å². The highest BCUT2D eigenvalue weighted by atomic mass is 35.5. The van der Waals surface area contributed by atoms with Crippen LogP contribution in [-0.4, -0.2) is 14.8 Å². The van der Waals surface area contributed by atoms with Gasteiger partial charge in [0.05, 0.1) is 21.4 Å². The standard InChI is InChI=1S/C25H21Cl3N2O/c1-2-22(31)24-23(15-6-9-17(26)10-7-15)18-5-3-4-12-29-21(14-30(24)25(18)29)16-8-11-19(27)20(28)13-16/h6-11,13-14H,2-5,12H2,1H3. The number of Topliss-reactive ketones (excluding diaryl/α,β-unsaturated/α-hetero) is 1. The van der Waals surface area contributed by atoms with E-state index in [2.05, 4.69) is 15.2 Å². The van der Waals surface area contributed by atoms with E-state index >= 15 is 0 Å². The Labute approximate surface area is 196 Å². The number of halogens is 3. The Morgan fingerprint density at radius 2 is 1.71 bits per heavy atom. The first-order valence-electron chi connectivity index (χ1n) is 10.5. The summed E-state index contributed by atoms with van der Waals surface area (Å²) < 4.78 is 4.42. The van der Waals surface area contributed by atoms with Gasteiger partial charge in [-0.2, -0.15) is 0 Å². The number of aromatic nitrogens is 2. The van der Waals surface area contributed by atoms with E-state index in [1.54, 1.807) is 0 Å². The van der Waals surface area contributed by atoms with Gasteiger partial charge in [0.1, 0.15) is 5.65 Å². The monoisotopic (exact) mass is 470 g/mol. The van der Waals surface area contributed by atoms with Gasteiger partial charge in [0.15, 0.2) is 5.78 Å². The summed E-state index contributed by atoms with van der Waals surface area (Å²) in [4.78, 5) is 13.2. The second kappa shape index (κ2) is 8.05. The lowest BCUT2D eigenvalue weighted by Crippen LogP contribution is -2.03. The highest BCUT2D eigenvalue weighted by Gasteiger charge is 2.28. The van der Waals surface area contributed by atoms with Gasteiger partial charge in [-0.3, -0.25) is 9.20 Å². The summed E-state index contributed by atoms with van der Waals surface area (Å²) in [5.74, 6) is 0.129. The molecular formula is C25H21Cl3N2O. The first-order chi connectivity index (χ1) is 15.0. The molecule has 1 aliphatic heterocycles. The summed E-state index contributed by atoms with van der Waals surface area (Å²) in [5, 5.41) is 1.75. The summed E-state index contributed by atoms with van der Waals surface area (Å²) in [6.07, 6.45) is 5.60. The molecule has 0 fully saturated rings. The van der Waals surface area contributed by atoms with Crippen LogP contribution in [0.15, 0.2) is 48.7 Å². The predicted molar refractivity (Wildman–Crippen MR) is 129 cm³/mol. The van der Waals surface area contributed by atoms with Gasteiger partial charge in [0.2, 0.25) is 0 Å². The van der Waals surface area contributed by atoms with E-state index in [-0.39, 0.29) is 5.78 Å². The van der Waals surface area contributed by atoms with Gasteiger partial charge in [-0.15, -0.1) is 0 Å². The van der Waals surface area contributed by atoms with E-state index < -0.39 is 0 Å². The van der Waals surface area contributed by atoms with Crippen molar-refractivity contribution in [3.8, 4) is 22.4 Å². The zero-order chi connectivity index (χ0) is 21.7. The zero-order valence-corrected chi connectivity index (χ0v) is 19.4. The first kappa shape index (κ1) is 20.7. The molecule has 0 atom stereocenters. The number of hydrogen-bond acceptors (Lipinski definition) is 1. The molecule has 2 aromatic heterocycles. The number of carbonyl (C=O) groups is 1. The molecule has 0 spiro atoms. The summed E-state index contributed by atoms with van der Waals surface area (Å²) in [6.45, 7) is 2.80. The Hall–Kier alpha value is -2.20. The molecule has 0 saturated carbocycles. The zero-order valence-electron chi connectivity index (χ0n) is 17.1. The van der Waals surface area contributed by atoms with Crippen LogP contribution in [0.5, 0.6) is 0 Å². The van der Waals surface area contributed by atoms with Crippen LogP contribution in [-0.2, 0) is 13.0 Å². The fourth-order valence-electron chi connectivity index (χ4n) is 4.64. The molecule has 3 heterocycles. The van der Waals surface area contributed by atoms with Crippen LogP contribution in [0.2, 0.25) is 15.1 Å². The lowest BCUT2D eigenvalue weighted by Gasteiger charge is -2.10. The number of hydrogen-bond donors (Lipinski definition) is 0. The molecule has 2 aromatic carbocycles. The third-order valence-electron chi connectivity index (χ3n) is 6.07. The molecule has 0 radical (unpaired) electrons. The van der Waals surface area contributed by atoms with E-state index in [0.717, 1.165) is 59.5 Å². The Morgan fingerprint density at radius 3 is 2.42 bits per heavy atom. The molecule has 0 amide bonds. The van der Waals surface area contributed by atoms with Gasteiger partial charge in [0.25, 0.3) is 0 Å². The number of benzene rings is 2. The van der Waals surface area contributed by atoms with Gasteiger partial charge in [-0.1, -0.05) is 59.9 Å². The Kier molecular flexibility index (Phi) is 5.37. The largest absolute Gasteiger partial charge is 0.325 e. The van der Waals surface area contributed by atoms with E-state index in [1.807, 2.05) is 49.4 Å². The minimum Gasteiger partial charge on any atom is -0.325 e. The molecule has 0 aliphatic carbocycles. The average Bonchev–Trinajstić information content (AvgIpc) is 3.18. The molecule has 3 nitrogen and oxygen atoms in total. The number of rotatable bonds is 4. The van der Waals surface area contributed by atoms with Crippen LogP contribution < -0.4 is 0 Å².